The molecule has 0 saturated carbocycles. The lowest BCUT2D eigenvalue weighted by Crippen LogP contribution is -2.20. The van der Waals surface area contributed by atoms with Gasteiger partial charge in [-0.05, 0) is 18.6 Å². The number of aliphatic carboxylic acids is 1. The van der Waals surface area contributed by atoms with E-state index >= 15 is 0 Å². The Morgan fingerprint density at radius 2 is 1.94 bits per heavy atom. The van der Waals surface area contributed by atoms with Crippen LogP contribution in [0.3, 0.4) is 0 Å². The number of carbonyl (C=O) groups is 1. The van der Waals surface area contributed by atoms with Crippen molar-refractivity contribution in [3.63, 3.8) is 0 Å². The fraction of sp³-hybridized carbons (Fsp3) is 0.417. The van der Waals surface area contributed by atoms with Crippen molar-refractivity contribution in [3.05, 3.63) is 23.3 Å². The van der Waals surface area contributed by atoms with Crippen LogP contribution in [0.25, 0.3) is 0 Å². The highest BCUT2D eigenvalue weighted by atomic mass is 19.3. The summed E-state index contributed by atoms with van der Waals surface area (Å²) in [6.45, 7) is 1.45. The maximum Gasteiger partial charge on any atom is 0.309 e. The van der Waals surface area contributed by atoms with Gasteiger partial charge >= 0.3 is 5.97 Å². The number of hydrogen-bond donors (Lipinski definition) is 1. The van der Waals surface area contributed by atoms with Gasteiger partial charge in [0.05, 0.1) is 19.8 Å². The van der Waals surface area contributed by atoms with Crippen molar-refractivity contribution in [2.45, 2.75) is 19.3 Å². The van der Waals surface area contributed by atoms with Crippen molar-refractivity contribution in [3.8, 4) is 11.5 Å². The summed E-state index contributed by atoms with van der Waals surface area (Å²) < 4.78 is 37.5. The Balaban J connectivity index is 3.34. The molecule has 4 nitrogen and oxygen atoms in total. The number of halogens is 2. The van der Waals surface area contributed by atoms with Crippen molar-refractivity contribution in [2.24, 2.45) is 0 Å². The maximum absolute atomic E-state index is 13.8. The molecule has 1 aromatic rings. The predicted octanol–water partition coefficient (Wildman–Crippen LogP) is 2.58. The first kappa shape index (κ1) is 14.2. The molecule has 0 bridgehead atoms. The van der Waals surface area contributed by atoms with Crippen LogP contribution in [0.15, 0.2) is 12.1 Å². The molecule has 1 aromatic carbocycles. The van der Waals surface area contributed by atoms with E-state index in [0.717, 1.165) is 0 Å². The quantitative estimate of drug-likeness (QED) is 0.884. The lowest BCUT2D eigenvalue weighted by atomic mass is 9.98. The zero-order valence-corrected chi connectivity index (χ0v) is 10.3. The number of alkyl halides is 2. The number of benzene rings is 1. The van der Waals surface area contributed by atoms with Crippen LogP contribution in [0.1, 0.15) is 17.5 Å². The third-order valence-corrected chi connectivity index (χ3v) is 2.47. The molecule has 18 heavy (non-hydrogen) atoms. The summed E-state index contributed by atoms with van der Waals surface area (Å²) >= 11 is 0. The third kappa shape index (κ3) is 2.88. The standard InChI is InChI=1S/C12H14F2O4/c1-7-4-8(17-2)5-9(18-3)11(7)12(13,14)6-10(15)16/h4-5H,6H2,1-3H3,(H,15,16). The molecule has 0 spiro atoms. The summed E-state index contributed by atoms with van der Waals surface area (Å²) in [5, 5.41) is 8.52. The van der Waals surface area contributed by atoms with Gasteiger partial charge in [0.2, 0.25) is 0 Å². The Morgan fingerprint density at radius 1 is 1.33 bits per heavy atom. The highest BCUT2D eigenvalue weighted by molar-refractivity contribution is 5.69. The Kier molecular flexibility index (Phi) is 4.11. The van der Waals surface area contributed by atoms with E-state index in [-0.39, 0.29) is 11.3 Å². The molecular formula is C12H14F2O4. The van der Waals surface area contributed by atoms with E-state index in [1.807, 2.05) is 0 Å². The van der Waals surface area contributed by atoms with Gasteiger partial charge in [0.1, 0.15) is 17.9 Å². The minimum absolute atomic E-state index is 0.0851. The smallest absolute Gasteiger partial charge is 0.309 e. The summed E-state index contributed by atoms with van der Waals surface area (Å²) in [4.78, 5) is 10.5. The maximum atomic E-state index is 13.8. The number of carboxylic acid groups (broad SMARTS) is 1. The van der Waals surface area contributed by atoms with E-state index in [4.69, 9.17) is 14.6 Å². The second-order valence-corrected chi connectivity index (χ2v) is 3.80. The average molecular weight is 260 g/mol. The Hall–Kier alpha value is -1.85. The molecule has 0 aliphatic rings. The molecule has 0 atom stereocenters. The minimum Gasteiger partial charge on any atom is -0.497 e. The molecule has 0 unspecified atom stereocenters. The van der Waals surface area contributed by atoms with Gasteiger partial charge in [-0.1, -0.05) is 0 Å². The highest BCUT2D eigenvalue weighted by Crippen LogP contribution is 2.41. The van der Waals surface area contributed by atoms with Crippen LogP contribution in [0.4, 0.5) is 8.78 Å². The number of ether oxygens (including phenoxy) is 2. The van der Waals surface area contributed by atoms with E-state index in [1.54, 1.807) is 0 Å². The summed E-state index contributed by atoms with van der Waals surface area (Å²) in [7, 11) is 2.65. The Bertz CT molecular complexity index is 458. The molecule has 0 saturated heterocycles. The summed E-state index contributed by atoms with van der Waals surface area (Å²) in [6.07, 6.45) is -1.28. The molecule has 0 aliphatic heterocycles. The first-order valence-electron chi connectivity index (χ1n) is 5.14. The Morgan fingerprint density at radius 3 is 2.39 bits per heavy atom. The molecule has 0 aromatic heterocycles. The van der Waals surface area contributed by atoms with Crippen LogP contribution in [0.2, 0.25) is 0 Å². The molecule has 0 radical (unpaired) electrons. The Labute approximate surface area is 103 Å². The van der Waals surface area contributed by atoms with Crippen molar-refractivity contribution in [1.29, 1.82) is 0 Å². The van der Waals surface area contributed by atoms with E-state index in [9.17, 15) is 13.6 Å². The fourth-order valence-corrected chi connectivity index (χ4v) is 1.75. The molecule has 0 fully saturated rings. The van der Waals surface area contributed by atoms with Crippen LogP contribution in [0.5, 0.6) is 11.5 Å². The second-order valence-electron chi connectivity index (χ2n) is 3.80. The topological polar surface area (TPSA) is 55.8 Å². The third-order valence-electron chi connectivity index (χ3n) is 2.47. The van der Waals surface area contributed by atoms with Crippen molar-refractivity contribution < 1.29 is 28.2 Å². The van der Waals surface area contributed by atoms with Crippen LogP contribution in [-0.4, -0.2) is 25.3 Å². The number of methoxy groups -OCH3 is 2. The van der Waals surface area contributed by atoms with E-state index < -0.39 is 23.9 Å². The number of aryl methyl sites for hydroxylation is 1. The molecular weight excluding hydrogens is 246 g/mol. The van der Waals surface area contributed by atoms with Crippen LogP contribution < -0.4 is 9.47 Å². The lowest BCUT2D eigenvalue weighted by Gasteiger charge is -2.20. The molecule has 1 rings (SSSR count). The van der Waals surface area contributed by atoms with E-state index in [1.165, 1.54) is 33.3 Å². The van der Waals surface area contributed by atoms with Gasteiger partial charge in [-0.3, -0.25) is 4.79 Å². The molecule has 6 heteroatoms. The highest BCUT2D eigenvalue weighted by Gasteiger charge is 2.39. The molecule has 100 valence electrons. The number of hydrogen-bond acceptors (Lipinski definition) is 3. The molecule has 0 heterocycles. The van der Waals surface area contributed by atoms with Gasteiger partial charge in [-0.2, -0.15) is 0 Å². The first-order valence-corrected chi connectivity index (χ1v) is 5.14. The number of carboxylic acids is 1. The molecule has 0 aliphatic carbocycles. The zero-order valence-electron chi connectivity index (χ0n) is 10.3. The molecule has 0 amide bonds. The minimum atomic E-state index is -3.49. The normalized spacial score (nSPS) is 11.2. The predicted molar refractivity (Wildman–Crippen MR) is 60.4 cm³/mol. The zero-order chi connectivity index (χ0) is 13.9. The second kappa shape index (κ2) is 5.20. The van der Waals surface area contributed by atoms with Gasteiger partial charge in [-0.25, -0.2) is 8.78 Å². The average Bonchev–Trinajstić information content (AvgIpc) is 2.25. The van der Waals surface area contributed by atoms with E-state index in [2.05, 4.69) is 0 Å². The summed E-state index contributed by atoms with van der Waals surface area (Å²) in [6, 6.07) is 2.71. The van der Waals surface area contributed by atoms with E-state index in [0.29, 0.717) is 5.75 Å². The van der Waals surface area contributed by atoms with Gasteiger partial charge < -0.3 is 14.6 Å². The number of rotatable bonds is 5. The van der Waals surface area contributed by atoms with Gasteiger partial charge in [-0.15, -0.1) is 0 Å². The van der Waals surface area contributed by atoms with Crippen molar-refractivity contribution >= 4 is 5.97 Å². The summed E-state index contributed by atoms with van der Waals surface area (Å²) in [5.41, 5.74) is -0.203. The largest absolute Gasteiger partial charge is 0.497 e. The van der Waals surface area contributed by atoms with Gasteiger partial charge in [0, 0.05) is 6.07 Å². The fourth-order valence-electron chi connectivity index (χ4n) is 1.75. The lowest BCUT2D eigenvalue weighted by molar-refractivity contribution is -0.145. The monoisotopic (exact) mass is 260 g/mol. The SMILES string of the molecule is COc1cc(C)c(C(F)(F)CC(=O)O)c(OC)c1. The van der Waals surface area contributed by atoms with Crippen LogP contribution in [-0.2, 0) is 10.7 Å². The van der Waals surface area contributed by atoms with Crippen molar-refractivity contribution in [1.82, 2.24) is 0 Å². The van der Waals surface area contributed by atoms with Crippen LogP contribution in [0, 0.1) is 6.92 Å². The molecule has 1 N–H and O–H groups in total. The van der Waals surface area contributed by atoms with Crippen LogP contribution >= 0.6 is 0 Å². The van der Waals surface area contributed by atoms with Crippen molar-refractivity contribution in [2.75, 3.05) is 14.2 Å². The first-order chi connectivity index (χ1) is 8.31. The summed E-state index contributed by atoms with van der Waals surface area (Å²) in [5.74, 6) is -4.78. The van der Waals surface area contributed by atoms with Gasteiger partial charge in [0.25, 0.3) is 5.92 Å². The van der Waals surface area contributed by atoms with Gasteiger partial charge in [0.15, 0.2) is 0 Å².